The summed E-state index contributed by atoms with van der Waals surface area (Å²) in [5.74, 6) is 0. The van der Waals surface area contributed by atoms with Crippen LogP contribution >= 0.6 is 0 Å². The molecule has 1 aliphatic rings. The maximum atomic E-state index is 13.7. The van der Waals surface area contributed by atoms with Gasteiger partial charge in [0.25, 0.3) is 10.1 Å². The van der Waals surface area contributed by atoms with E-state index < -0.39 is 22.4 Å². The number of halogens is 1. The van der Waals surface area contributed by atoms with E-state index in [1.54, 1.807) is 0 Å². The third-order valence-corrected chi connectivity index (χ3v) is 3.33. The van der Waals surface area contributed by atoms with Crippen molar-refractivity contribution in [3.8, 4) is 0 Å². The molecular weight excluding hydrogens is 233 g/mol. The number of nitrogens with zero attached hydrogens (tertiary/aromatic N) is 1. The monoisotopic (exact) mass is 253 g/mol. The maximum Gasteiger partial charge on any atom is 0.264 e. The van der Waals surface area contributed by atoms with Crippen molar-refractivity contribution >= 4 is 10.1 Å². The molecule has 1 fully saturated rings. The Morgan fingerprint density at radius 1 is 1.38 bits per heavy atom. The third-order valence-electron chi connectivity index (χ3n) is 2.73. The highest BCUT2D eigenvalue weighted by atomic mass is 32.2. The van der Waals surface area contributed by atoms with Gasteiger partial charge in [-0.3, -0.25) is 9.08 Å². The van der Waals surface area contributed by atoms with Gasteiger partial charge in [-0.25, -0.2) is 4.39 Å². The summed E-state index contributed by atoms with van der Waals surface area (Å²) in [5.41, 5.74) is -0.0968. The summed E-state index contributed by atoms with van der Waals surface area (Å²) < 4.78 is 40.3. The molecule has 1 heterocycles. The van der Waals surface area contributed by atoms with Crippen molar-refractivity contribution in [3.63, 3.8) is 0 Å². The Kier molecular flexibility index (Phi) is 3.97. The topological polar surface area (TPSA) is 46.6 Å². The number of piperidine rings is 1. The van der Waals surface area contributed by atoms with Crippen LogP contribution in [-0.2, 0) is 14.3 Å². The van der Waals surface area contributed by atoms with Crippen molar-refractivity contribution in [3.05, 3.63) is 0 Å². The molecule has 1 rings (SSSR count). The minimum atomic E-state index is -3.57. The first-order valence-electron chi connectivity index (χ1n) is 5.37. The zero-order valence-electron chi connectivity index (χ0n) is 10.2. The Balaban J connectivity index is 2.60. The second-order valence-corrected chi connectivity index (χ2v) is 6.86. The van der Waals surface area contributed by atoms with Gasteiger partial charge in [0.15, 0.2) is 0 Å². The molecule has 4 nitrogen and oxygen atoms in total. The molecule has 0 bridgehead atoms. The number of hydrogen-bond donors (Lipinski definition) is 0. The summed E-state index contributed by atoms with van der Waals surface area (Å²) >= 11 is 0. The molecule has 0 aromatic rings. The first-order valence-corrected chi connectivity index (χ1v) is 7.18. The molecule has 0 aromatic heterocycles. The fourth-order valence-corrected chi connectivity index (χ4v) is 2.49. The lowest BCUT2D eigenvalue weighted by atomic mass is 9.98. The van der Waals surface area contributed by atoms with Gasteiger partial charge in [0.1, 0.15) is 12.3 Å². The Morgan fingerprint density at radius 2 is 1.94 bits per heavy atom. The van der Waals surface area contributed by atoms with Gasteiger partial charge in [-0.05, 0) is 27.2 Å². The highest BCUT2D eigenvalue weighted by Crippen LogP contribution is 2.24. The van der Waals surface area contributed by atoms with Gasteiger partial charge < -0.3 is 0 Å². The predicted molar refractivity (Wildman–Crippen MR) is 60.6 cm³/mol. The molecule has 0 aliphatic carbocycles. The number of hydrogen-bond acceptors (Lipinski definition) is 4. The molecule has 6 heteroatoms. The average Bonchev–Trinajstić information content (AvgIpc) is 2.04. The van der Waals surface area contributed by atoms with E-state index in [1.165, 1.54) is 0 Å². The summed E-state index contributed by atoms with van der Waals surface area (Å²) in [4.78, 5) is 2.00. The van der Waals surface area contributed by atoms with Crippen molar-refractivity contribution in [2.45, 2.75) is 45.0 Å². The van der Waals surface area contributed by atoms with Crippen molar-refractivity contribution in [1.29, 1.82) is 0 Å². The summed E-state index contributed by atoms with van der Waals surface area (Å²) in [6.07, 6.45) is -0.710. The van der Waals surface area contributed by atoms with Crippen molar-refractivity contribution < 1.29 is 17.0 Å². The van der Waals surface area contributed by atoms with Gasteiger partial charge in [-0.15, -0.1) is 0 Å². The van der Waals surface area contributed by atoms with Gasteiger partial charge in [0.05, 0.1) is 6.26 Å². The van der Waals surface area contributed by atoms with E-state index in [-0.39, 0.29) is 12.1 Å². The van der Waals surface area contributed by atoms with Crippen LogP contribution in [0, 0.1) is 0 Å². The van der Waals surface area contributed by atoms with Crippen LogP contribution < -0.4 is 0 Å². The Bertz CT molecular complexity index is 336. The second-order valence-electron chi connectivity index (χ2n) is 5.26. The summed E-state index contributed by atoms with van der Waals surface area (Å²) in [7, 11) is -3.57. The van der Waals surface area contributed by atoms with Gasteiger partial charge in [0.2, 0.25) is 0 Å². The molecule has 0 unspecified atom stereocenters. The lowest BCUT2D eigenvalue weighted by Crippen LogP contribution is -2.53. The summed E-state index contributed by atoms with van der Waals surface area (Å²) in [6, 6.07) is 0. The Morgan fingerprint density at radius 3 is 2.31 bits per heavy atom. The lowest BCUT2D eigenvalue weighted by molar-refractivity contribution is -0.00850. The van der Waals surface area contributed by atoms with Gasteiger partial charge in [-0.2, -0.15) is 8.42 Å². The molecule has 0 radical (unpaired) electrons. The van der Waals surface area contributed by atoms with Crippen LogP contribution in [0.3, 0.4) is 0 Å². The predicted octanol–water partition coefficient (Wildman–Crippen LogP) is 1.17. The normalized spacial score (nSPS) is 29.3. The molecule has 16 heavy (non-hydrogen) atoms. The van der Waals surface area contributed by atoms with E-state index in [9.17, 15) is 12.8 Å². The fraction of sp³-hybridized carbons (Fsp3) is 1.00. The average molecular weight is 253 g/mol. The van der Waals surface area contributed by atoms with Crippen molar-refractivity contribution in [2.24, 2.45) is 0 Å². The standard InChI is InChI=1S/C10H20FNO3S/c1-10(2,3)12-6-5-9(8(11)7-12)15-16(4,13)14/h8-9H,5-7H2,1-4H3/t8-,9+/m0/s1. The van der Waals surface area contributed by atoms with Crippen LogP contribution in [0.1, 0.15) is 27.2 Å². The fourth-order valence-electron chi connectivity index (χ4n) is 1.83. The summed E-state index contributed by atoms with van der Waals surface area (Å²) in [6.45, 7) is 6.92. The van der Waals surface area contributed by atoms with Gasteiger partial charge in [0, 0.05) is 18.6 Å². The minimum Gasteiger partial charge on any atom is -0.295 e. The van der Waals surface area contributed by atoms with Crippen LogP contribution in [0.4, 0.5) is 4.39 Å². The molecule has 96 valence electrons. The lowest BCUT2D eigenvalue weighted by Gasteiger charge is -2.41. The smallest absolute Gasteiger partial charge is 0.264 e. The quantitative estimate of drug-likeness (QED) is 0.693. The molecule has 1 aliphatic heterocycles. The molecule has 1 saturated heterocycles. The van der Waals surface area contributed by atoms with Crippen LogP contribution in [-0.4, -0.2) is 50.5 Å². The molecule has 2 atom stereocenters. The number of rotatable bonds is 2. The first-order chi connectivity index (χ1) is 7.09. The Labute approximate surface area is 96.9 Å². The van der Waals surface area contributed by atoms with Crippen LogP contribution in [0.15, 0.2) is 0 Å². The third kappa shape index (κ3) is 3.99. The van der Waals surface area contributed by atoms with E-state index in [2.05, 4.69) is 0 Å². The summed E-state index contributed by atoms with van der Waals surface area (Å²) in [5, 5.41) is 0. The molecule has 0 saturated carbocycles. The molecular formula is C10H20FNO3S. The molecule has 0 aromatic carbocycles. The van der Waals surface area contributed by atoms with Crippen LogP contribution in [0.25, 0.3) is 0 Å². The molecule has 0 N–H and O–H groups in total. The van der Waals surface area contributed by atoms with Crippen molar-refractivity contribution in [1.82, 2.24) is 4.90 Å². The maximum absolute atomic E-state index is 13.7. The first kappa shape index (κ1) is 13.9. The zero-order valence-corrected chi connectivity index (χ0v) is 11.1. The SMILES string of the molecule is CC(C)(C)N1CC[C@@H](OS(C)(=O)=O)[C@@H](F)C1. The number of likely N-dealkylation sites (tertiary alicyclic amines) is 1. The van der Waals surface area contributed by atoms with Gasteiger partial charge in [-0.1, -0.05) is 0 Å². The Hall–Kier alpha value is -0.200. The number of alkyl halides is 1. The van der Waals surface area contributed by atoms with Gasteiger partial charge >= 0.3 is 0 Å². The zero-order chi connectivity index (χ0) is 12.6. The van der Waals surface area contributed by atoms with E-state index in [4.69, 9.17) is 4.18 Å². The van der Waals surface area contributed by atoms with E-state index >= 15 is 0 Å². The van der Waals surface area contributed by atoms with E-state index in [1.807, 2.05) is 25.7 Å². The van der Waals surface area contributed by atoms with E-state index in [0.717, 1.165) is 6.26 Å². The highest BCUT2D eigenvalue weighted by molar-refractivity contribution is 7.86. The highest BCUT2D eigenvalue weighted by Gasteiger charge is 2.36. The minimum absolute atomic E-state index is 0.0968. The van der Waals surface area contributed by atoms with E-state index in [0.29, 0.717) is 13.0 Å². The largest absolute Gasteiger partial charge is 0.295 e. The second kappa shape index (κ2) is 4.58. The molecule has 0 spiro atoms. The molecule has 0 amide bonds. The van der Waals surface area contributed by atoms with Crippen molar-refractivity contribution in [2.75, 3.05) is 19.3 Å². The van der Waals surface area contributed by atoms with Crippen LogP contribution in [0.5, 0.6) is 0 Å². The van der Waals surface area contributed by atoms with Crippen LogP contribution in [0.2, 0.25) is 0 Å².